The lowest BCUT2D eigenvalue weighted by atomic mass is 10.1. The highest BCUT2D eigenvalue weighted by Crippen LogP contribution is 2.12. The maximum absolute atomic E-state index is 13.5. The number of halogens is 1. The van der Waals surface area contributed by atoms with Crippen LogP contribution in [-0.2, 0) is 6.42 Å². The molecule has 0 aromatic heterocycles. The third kappa shape index (κ3) is 5.01. The zero-order valence-corrected chi connectivity index (χ0v) is 12.9. The Balaban J connectivity index is 1.69. The van der Waals surface area contributed by atoms with Crippen molar-refractivity contribution in [3.63, 3.8) is 0 Å². The first-order chi connectivity index (χ1) is 10.2. The van der Waals surface area contributed by atoms with E-state index in [2.05, 4.69) is 27.6 Å². The van der Waals surface area contributed by atoms with Crippen LogP contribution in [0.15, 0.2) is 29.3 Å². The normalized spacial score (nSPS) is 19.8. The van der Waals surface area contributed by atoms with Crippen molar-refractivity contribution in [2.45, 2.75) is 12.8 Å². The fraction of sp³-hybridized carbons (Fsp3) is 0.562. The van der Waals surface area contributed by atoms with Crippen LogP contribution in [0.3, 0.4) is 0 Å². The van der Waals surface area contributed by atoms with Crippen LogP contribution in [0.4, 0.5) is 4.39 Å². The summed E-state index contributed by atoms with van der Waals surface area (Å²) in [6, 6.07) is 6.90. The summed E-state index contributed by atoms with van der Waals surface area (Å²) in [6.07, 6.45) is 1.88. The van der Waals surface area contributed by atoms with E-state index in [1.807, 2.05) is 12.1 Å². The van der Waals surface area contributed by atoms with E-state index in [1.165, 1.54) is 19.0 Å². The van der Waals surface area contributed by atoms with Crippen LogP contribution < -0.4 is 10.6 Å². The minimum absolute atomic E-state index is 0.142. The molecule has 1 saturated heterocycles. The van der Waals surface area contributed by atoms with Gasteiger partial charge >= 0.3 is 0 Å². The number of benzene rings is 1. The molecule has 0 spiro atoms. The number of hydrogen-bond donors (Lipinski definition) is 2. The number of guanidine groups is 1. The molecule has 1 atom stereocenters. The summed E-state index contributed by atoms with van der Waals surface area (Å²) in [6.45, 7) is 3.92. The number of aliphatic imine (C=N–C) groups is 1. The quantitative estimate of drug-likeness (QED) is 0.638. The van der Waals surface area contributed by atoms with Gasteiger partial charge in [0.2, 0.25) is 0 Å². The summed E-state index contributed by atoms with van der Waals surface area (Å²) in [5.41, 5.74) is 0.734. The number of nitrogens with one attached hydrogen (secondary N) is 2. The van der Waals surface area contributed by atoms with Gasteiger partial charge in [-0.3, -0.25) is 4.99 Å². The highest BCUT2D eigenvalue weighted by molar-refractivity contribution is 5.79. The van der Waals surface area contributed by atoms with Crippen molar-refractivity contribution in [3.05, 3.63) is 35.6 Å². The van der Waals surface area contributed by atoms with E-state index in [-0.39, 0.29) is 5.82 Å². The van der Waals surface area contributed by atoms with Gasteiger partial charge in [-0.2, -0.15) is 0 Å². The van der Waals surface area contributed by atoms with Gasteiger partial charge in [0.05, 0.1) is 0 Å². The summed E-state index contributed by atoms with van der Waals surface area (Å²) in [5, 5.41) is 6.59. The van der Waals surface area contributed by atoms with Gasteiger partial charge in [-0.1, -0.05) is 18.2 Å². The van der Waals surface area contributed by atoms with E-state index in [0.717, 1.165) is 24.6 Å². The first-order valence-corrected chi connectivity index (χ1v) is 7.55. The molecule has 1 aliphatic rings. The molecule has 5 heteroatoms. The highest BCUT2D eigenvalue weighted by Gasteiger charge is 2.19. The molecule has 116 valence electrons. The van der Waals surface area contributed by atoms with Gasteiger partial charge in [0.25, 0.3) is 0 Å². The molecule has 0 bridgehead atoms. The van der Waals surface area contributed by atoms with Crippen LogP contribution in [0.25, 0.3) is 0 Å². The van der Waals surface area contributed by atoms with Crippen molar-refractivity contribution in [1.29, 1.82) is 0 Å². The minimum atomic E-state index is -0.142. The maximum atomic E-state index is 13.5. The summed E-state index contributed by atoms with van der Waals surface area (Å²) in [4.78, 5) is 6.56. The molecule has 1 aromatic carbocycles. The molecule has 21 heavy (non-hydrogen) atoms. The van der Waals surface area contributed by atoms with Crippen LogP contribution in [0.5, 0.6) is 0 Å². The highest BCUT2D eigenvalue weighted by atomic mass is 19.1. The minimum Gasteiger partial charge on any atom is -0.356 e. The maximum Gasteiger partial charge on any atom is 0.190 e. The molecule has 1 heterocycles. The Kier molecular flexibility index (Phi) is 5.99. The molecule has 4 nitrogen and oxygen atoms in total. The van der Waals surface area contributed by atoms with Crippen LogP contribution in [0.1, 0.15) is 12.0 Å². The first-order valence-electron chi connectivity index (χ1n) is 7.55. The Labute approximate surface area is 126 Å². The van der Waals surface area contributed by atoms with Gasteiger partial charge < -0.3 is 15.5 Å². The Morgan fingerprint density at radius 1 is 1.38 bits per heavy atom. The van der Waals surface area contributed by atoms with Crippen molar-refractivity contribution < 1.29 is 4.39 Å². The Bertz CT molecular complexity index is 475. The van der Waals surface area contributed by atoms with Crippen molar-refractivity contribution in [1.82, 2.24) is 15.5 Å². The SMILES string of the molecule is CN=C(NCCc1ccccc1F)NCC1CCN(C)C1. The van der Waals surface area contributed by atoms with Crippen molar-refractivity contribution in [2.75, 3.05) is 40.3 Å². The van der Waals surface area contributed by atoms with Crippen molar-refractivity contribution in [2.24, 2.45) is 10.9 Å². The number of hydrogen-bond acceptors (Lipinski definition) is 2. The second-order valence-corrected chi connectivity index (χ2v) is 5.64. The second-order valence-electron chi connectivity index (χ2n) is 5.64. The van der Waals surface area contributed by atoms with Crippen LogP contribution in [-0.4, -0.2) is 51.1 Å². The molecule has 1 fully saturated rings. The van der Waals surface area contributed by atoms with Crippen LogP contribution >= 0.6 is 0 Å². The average molecular weight is 292 g/mol. The fourth-order valence-corrected chi connectivity index (χ4v) is 2.67. The Morgan fingerprint density at radius 2 is 2.19 bits per heavy atom. The molecule has 1 aliphatic heterocycles. The monoisotopic (exact) mass is 292 g/mol. The molecule has 2 rings (SSSR count). The van der Waals surface area contributed by atoms with Gasteiger partial charge in [-0.25, -0.2) is 4.39 Å². The van der Waals surface area contributed by atoms with Gasteiger partial charge in [0, 0.05) is 26.7 Å². The molecule has 1 unspecified atom stereocenters. The zero-order chi connectivity index (χ0) is 15.1. The number of rotatable bonds is 5. The van der Waals surface area contributed by atoms with E-state index in [1.54, 1.807) is 13.1 Å². The Morgan fingerprint density at radius 3 is 2.86 bits per heavy atom. The first kappa shape index (κ1) is 15.8. The topological polar surface area (TPSA) is 39.7 Å². The second kappa shape index (κ2) is 7.98. The molecule has 0 amide bonds. The van der Waals surface area contributed by atoms with Crippen molar-refractivity contribution >= 4 is 5.96 Å². The predicted octanol–water partition coefficient (Wildman–Crippen LogP) is 1.48. The lowest BCUT2D eigenvalue weighted by molar-refractivity contribution is 0.394. The largest absolute Gasteiger partial charge is 0.356 e. The van der Waals surface area contributed by atoms with Gasteiger partial charge in [-0.05, 0) is 44.0 Å². The smallest absolute Gasteiger partial charge is 0.190 e. The van der Waals surface area contributed by atoms with E-state index >= 15 is 0 Å². The fourth-order valence-electron chi connectivity index (χ4n) is 2.67. The number of nitrogens with zero attached hydrogens (tertiary/aromatic N) is 2. The third-order valence-electron chi connectivity index (χ3n) is 3.92. The van der Waals surface area contributed by atoms with Crippen molar-refractivity contribution in [3.8, 4) is 0 Å². The van der Waals surface area contributed by atoms with Gasteiger partial charge in [0.15, 0.2) is 5.96 Å². The predicted molar refractivity (Wildman–Crippen MR) is 85.1 cm³/mol. The molecule has 0 saturated carbocycles. The molecule has 1 aromatic rings. The van der Waals surface area contributed by atoms with Gasteiger partial charge in [-0.15, -0.1) is 0 Å². The van der Waals surface area contributed by atoms with Crippen LogP contribution in [0, 0.1) is 11.7 Å². The lowest BCUT2D eigenvalue weighted by Crippen LogP contribution is -2.41. The van der Waals surface area contributed by atoms with Gasteiger partial charge in [0.1, 0.15) is 5.82 Å². The Hall–Kier alpha value is -1.62. The third-order valence-corrected chi connectivity index (χ3v) is 3.92. The average Bonchev–Trinajstić information content (AvgIpc) is 2.90. The molecule has 0 aliphatic carbocycles. The summed E-state index contributed by atoms with van der Waals surface area (Å²) in [7, 11) is 3.92. The van der Waals surface area contributed by atoms with E-state index < -0.39 is 0 Å². The summed E-state index contributed by atoms with van der Waals surface area (Å²) in [5.74, 6) is 1.33. The standard InChI is InChI=1S/C16H25FN4/c1-18-16(20-11-13-8-10-21(2)12-13)19-9-7-14-5-3-4-6-15(14)17/h3-6,13H,7-12H2,1-2H3,(H2,18,19,20). The molecular weight excluding hydrogens is 267 g/mol. The van der Waals surface area contributed by atoms with E-state index in [9.17, 15) is 4.39 Å². The molecule has 2 N–H and O–H groups in total. The zero-order valence-electron chi connectivity index (χ0n) is 12.9. The summed E-state index contributed by atoms with van der Waals surface area (Å²) >= 11 is 0. The lowest BCUT2D eigenvalue weighted by Gasteiger charge is -2.15. The number of likely N-dealkylation sites (tertiary alicyclic amines) is 1. The van der Waals surface area contributed by atoms with Crippen LogP contribution in [0.2, 0.25) is 0 Å². The molecular formula is C16H25FN4. The molecule has 0 radical (unpaired) electrons. The van der Waals surface area contributed by atoms with E-state index in [0.29, 0.717) is 18.9 Å². The summed E-state index contributed by atoms with van der Waals surface area (Å²) < 4.78 is 13.5. The van der Waals surface area contributed by atoms with E-state index in [4.69, 9.17) is 0 Å².